The molecule has 0 radical (unpaired) electrons. The lowest BCUT2D eigenvalue weighted by Gasteiger charge is -2.46. The first-order chi connectivity index (χ1) is 10.7. The zero-order chi connectivity index (χ0) is 15.1. The molecule has 0 amide bonds. The highest BCUT2D eigenvalue weighted by atomic mass is 16.3. The maximum Gasteiger partial charge on any atom is 0.119 e. The topological polar surface area (TPSA) is 26.7 Å². The molecule has 2 atom stereocenters. The van der Waals surface area contributed by atoms with Crippen LogP contribution in [0.1, 0.15) is 28.7 Å². The third-order valence-electron chi connectivity index (χ3n) is 5.15. The zero-order valence-corrected chi connectivity index (χ0v) is 12.9. The summed E-state index contributed by atoms with van der Waals surface area (Å²) in [5, 5.41) is 10.3. The predicted octanol–water partition coefficient (Wildman–Crippen LogP) is 2.83. The molecule has 3 heteroatoms. The van der Waals surface area contributed by atoms with E-state index in [2.05, 4.69) is 47.2 Å². The number of benzene rings is 2. The summed E-state index contributed by atoms with van der Waals surface area (Å²) < 4.78 is 0. The van der Waals surface area contributed by atoms with E-state index in [-0.39, 0.29) is 5.92 Å². The number of phenols is 1. The number of piperazine rings is 1. The summed E-state index contributed by atoms with van der Waals surface area (Å²) in [4.78, 5) is 5.00. The fourth-order valence-electron chi connectivity index (χ4n) is 3.98. The molecular formula is C19H22N2O. The molecule has 2 aliphatic rings. The molecule has 4 rings (SSSR count). The maximum atomic E-state index is 10.3. The molecule has 2 aromatic carbocycles. The monoisotopic (exact) mass is 294 g/mol. The number of phenolic OH excluding ortho intramolecular Hbond substituents is 1. The number of rotatable bonds is 1. The smallest absolute Gasteiger partial charge is 0.119 e. The standard InChI is InChI=1S/C19H22N2O/c1-20-10-11-21-12-17(16-8-4-5-9-19(16)22)14-6-2-3-7-15(14)18(21)13-20/h2-9,17-18,22H,10-13H2,1H3/t17-,18-/m1/s1. The Morgan fingerprint density at radius 1 is 0.864 bits per heavy atom. The number of likely N-dealkylation sites (N-methyl/N-ethyl adjacent to an activating group) is 1. The van der Waals surface area contributed by atoms with Crippen LogP contribution in [0.4, 0.5) is 0 Å². The number of aromatic hydroxyl groups is 1. The van der Waals surface area contributed by atoms with Gasteiger partial charge in [-0.15, -0.1) is 0 Å². The van der Waals surface area contributed by atoms with Crippen LogP contribution in [0, 0.1) is 0 Å². The number of para-hydroxylation sites is 1. The molecule has 2 aromatic rings. The summed E-state index contributed by atoms with van der Waals surface area (Å²) >= 11 is 0. The van der Waals surface area contributed by atoms with Crippen LogP contribution >= 0.6 is 0 Å². The van der Waals surface area contributed by atoms with E-state index in [1.807, 2.05) is 12.1 Å². The Kier molecular flexibility index (Phi) is 3.40. The van der Waals surface area contributed by atoms with Crippen molar-refractivity contribution in [3.05, 3.63) is 65.2 Å². The van der Waals surface area contributed by atoms with Crippen LogP contribution in [0.3, 0.4) is 0 Å². The summed E-state index contributed by atoms with van der Waals surface area (Å²) in [6.07, 6.45) is 0. The van der Waals surface area contributed by atoms with E-state index in [4.69, 9.17) is 0 Å². The van der Waals surface area contributed by atoms with Crippen molar-refractivity contribution in [2.45, 2.75) is 12.0 Å². The molecule has 0 aliphatic carbocycles. The first-order valence-electron chi connectivity index (χ1n) is 8.03. The van der Waals surface area contributed by atoms with Gasteiger partial charge in [0.15, 0.2) is 0 Å². The van der Waals surface area contributed by atoms with Crippen molar-refractivity contribution in [1.29, 1.82) is 0 Å². The van der Waals surface area contributed by atoms with E-state index in [1.54, 1.807) is 6.07 Å². The Labute approximate surface area is 131 Å². The van der Waals surface area contributed by atoms with Gasteiger partial charge >= 0.3 is 0 Å². The number of nitrogens with zero attached hydrogens (tertiary/aromatic N) is 2. The van der Waals surface area contributed by atoms with Gasteiger partial charge in [0.2, 0.25) is 0 Å². The van der Waals surface area contributed by atoms with E-state index in [1.165, 1.54) is 11.1 Å². The van der Waals surface area contributed by atoms with Gasteiger partial charge in [-0.05, 0) is 24.2 Å². The minimum atomic E-state index is 0.261. The fraction of sp³-hybridized carbons (Fsp3) is 0.368. The minimum Gasteiger partial charge on any atom is -0.508 e. The molecule has 1 saturated heterocycles. The third-order valence-corrected chi connectivity index (χ3v) is 5.15. The first kappa shape index (κ1) is 13.8. The van der Waals surface area contributed by atoms with Gasteiger partial charge in [-0.3, -0.25) is 4.90 Å². The molecule has 2 aliphatic heterocycles. The maximum absolute atomic E-state index is 10.3. The van der Waals surface area contributed by atoms with Gasteiger partial charge in [0, 0.05) is 43.7 Å². The van der Waals surface area contributed by atoms with Crippen LogP contribution in [-0.2, 0) is 0 Å². The normalized spacial score (nSPS) is 25.5. The van der Waals surface area contributed by atoms with Crippen molar-refractivity contribution in [2.24, 2.45) is 0 Å². The largest absolute Gasteiger partial charge is 0.508 e. The van der Waals surface area contributed by atoms with E-state index < -0.39 is 0 Å². The fourth-order valence-corrected chi connectivity index (χ4v) is 3.98. The highest BCUT2D eigenvalue weighted by molar-refractivity contribution is 5.47. The quantitative estimate of drug-likeness (QED) is 0.876. The van der Waals surface area contributed by atoms with Gasteiger partial charge in [-0.2, -0.15) is 0 Å². The molecule has 2 heterocycles. The van der Waals surface area contributed by atoms with Crippen LogP contribution in [0.2, 0.25) is 0 Å². The Balaban J connectivity index is 1.81. The highest BCUT2D eigenvalue weighted by Crippen LogP contribution is 2.42. The third kappa shape index (κ3) is 2.21. The van der Waals surface area contributed by atoms with Crippen molar-refractivity contribution in [3.8, 4) is 5.75 Å². The van der Waals surface area contributed by atoms with Crippen LogP contribution in [0.25, 0.3) is 0 Å². The van der Waals surface area contributed by atoms with Crippen LogP contribution < -0.4 is 0 Å². The van der Waals surface area contributed by atoms with Gasteiger partial charge in [0.25, 0.3) is 0 Å². The summed E-state index contributed by atoms with van der Waals surface area (Å²) in [7, 11) is 2.20. The molecule has 1 fully saturated rings. The molecule has 114 valence electrons. The van der Waals surface area contributed by atoms with Crippen LogP contribution in [0.15, 0.2) is 48.5 Å². The molecule has 0 bridgehead atoms. The van der Waals surface area contributed by atoms with E-state index >= 15 is 0 Å². The summed E-state index contributed by atoms with van der Waals surface area (Å²) in [5.74, 6) is 0.673. The van der Waals surface area contributed by atoms with Crippen molar-refractivity contribution < 1.29 is 5.11 Å². The van der Waals surface area contributed by atoms with Crippen molar-refractivity contribution in [3.63, 3.8) is 0 Å². The summed E-state index contributed by atoms with van der Waals surface area (Å²) in [5.41, 5.74) is 3.85. The molecule has 1 N–H and O–H groups in total. The van der Waals surface area contributed by atoms with E-state index in [0.29, 0.717) is 11.8 Å². The second-order valence-electron chi connectivity index (χ2n) is 6.51. The Morgan fingerprint density at radius 2 is 1.55 bits per heavy atom. The second-order valence-corrected chi connectivity index (χ2v) is 6.51. The van der Waals surface area contributed by atoms with Gasteiger partial charge in [0.05, 0.1) is 0 Å². The number of fused-ring (bicyclic) bond motifs is 3. The van der Waals surface area contributed by atoms with Crippen molar-refractivity contribution in [2.75, 3.05) is 33.2 Å². The first-order valence-corrected chi connectivity index (χ1v) is 8.03. The average molecular weight is 294 g/mol. The molecule has 0 aromatic heterocycles. The second kappa shape index (κ2) is 5.41. The molecule has 3 nitrogen and oxygen atoms in total. The lowest BCUT2D eigenvalue weighted by molar-refractivity contribution is 0.0770. The van der Waals surface area contributed by atoms with E-state index in [9.17, 15) is 5.11 Å². The van der Waals surface area contributed by atoms with Crippen LogP contribution in [0.5, 0.6) is 5.75 Å². The minimum absolute atomic E-state index is 0.261. The molecule has 0 unspecified atom stereocenters. The molecule has 22 heavy (non-hydrogen) atoms. The SMILES string of the molecule is CN1CCN2C[C@@H](c3ccccc3O)c3ccccc3[C@H]2C1. The zero-order valence-electron chi connectivity index (χ0n) is 12.9. The van der Waals surface area contributed by atoms with Crippen LogP contribution in [-0.4, -0.2) is 48.1 Å². The van der Waals surface area contributed by atoms with Crippen molar-refractivity contribution in [1.82, 2.24) is 9.80 Å². The number of hydrogen-bond donors (Lipinski definition) is 1. The molecule has 0 saturated carbocycles. The van der Waals surface area contributed by atoms with Gasteiger partial charge < -0.3 is 10.0 Å². The summed E-state index contributed by atoms with van der Waals surface area (Å²) in [6.45, 7) is 4.29. The lowest BCUT2D eigenvalue weighted by atomic mass is 9.80. The Bertz CT molecular complexity index is 685. The molecular weight excluding hydrogens is 272 g/mol. The Hall–Kier alpha value is -1.84. The lowest BCUT2D eigenvalue weighted by Crippen LogP contribution is -2.50. The molecule has 0 spiro atoms. The van der Waals surface area contributed by atoms with Crippen molar-refractivity contribution >= 4 is 0 Å². The van der Waals surface area contributed by atoms with Gasteiger partial charge in [-0.1, -0.05) is 42.5 Å². The van der Waals surface area contributed by atoms with Gasteiger partial charge in [-0.25, -0.2) is 0 Å². The predicted molar refractivity (Wildman–Crippen MR) is 88.2 cm³/mol. The Morgan fingerprint density at radius 3 is 2.32 bits per heavy atom. The number of hydrogen-bond acceptors (Lipinski definition) is 3. The average Bonchev–Trinajstić information content (AvgIpc) is 2.55. The summed E-state index contributed by atoms with van der Waals surface area (Å²) in [6, 6.07) is 17.0. The highest BCUT2D eigenvalue weighted by Gasteiger charge is 2.36. The van der Waals surface area contributed by atoms with E-state index in [0.717, 1.165) is 31.7 Å². The van der Waals surface area contributed by atoms with Gasteiger partial charge in [0.1, 0.15) is 5.75 Å².